The third kappa shape index (κ3) is 4.55. The second kappa shape index (κ2) is 8.77. The Morgan fingerprint density at radius 1 is 1.29 bits per heavy atom. The number of anilines is 1. The molecule has 0 aliphatic carbocycles. The number of nitrogens with zero attached hydrogens (tertiary/aromatic N) is 1. The largest absolute Gasteiger partial charge is 0.489 e. The SMILES string of the molecule is C=CCOc1cccc(NC(=O)[C@@H]2CCCN2S(=O)(=O)c2ccc(Cl)cc2)c1. The van der Waals surface area contributed by atoms with E-state index in [4.69, 9.17) is 16.3 Å². The van der Waals surface area contributed by atoms with E-state index in [9.17, 15) is 13.2 Å². The van der Waals surface area contributed by atoms with Gasteiger partial charge >= 0.3 is 0 Å². The van der Waals surface area contributed by atoms with Crippen molar-refractivity contribution >= 4 is 33.2 Å². The summed E-state index contributed by atoms with van der Waals surface area (Å²) in [7, 11) is -3.78. The molecule has 2 aromatic carbocycles. The molecule has 148 valence electrons. The van der Waals surface area contributed by atoms with Crippen molar-refractivity contribution in [2.45, 2.75) is 23.8 Å². The summed E-state index contributed by atoms with van der Waals surface area (Å²) in [4.78, 5) is 12.9. The number of benzene rings is 2. The van der Waals surface area contributed by atoms with Crippen LogP contribution >= 0.6 is 11.6 Å². The fourth-order valence-corrected chi connectivity index (χ4v) is 4.86. The first-order valence-electron chi connectivity index (χ1n) is 8.84. The van der Waals surface area contributed by atoms with Crippen LogP contribution in [-0.4, -0.2) is 37.8 Å². The van der Waals surface area contributed by atoms with Crippen LogP contribution in [0.5, 0.6) is 5.75 Å². The minimum Gasteiger partial charge on any atom is -0.489 e. The molecule has 0 aromatic heterocycles. The Labute approximate surface area is 169 Å². The van der Waals surface area contributed by atoms with Gasteiger partial charge in [0, 0.05) is 23.3 Å². The summed E-state index contributed by atoms with van der Waals surface area (Å²) in [5, 5.41) is 3.24. The highest BCUT2D eigenvalue weighted by Crippen LogP contribution is 2.28. The fourth-order valence-electron chi connectivity index (χ4n) is 3.08. The van der Waals surface area contributed by atoms with Gasteiger partial charge < -0.3 is 10.1 Å². The summed E-state index contributed by atoms with van der Waals surface area (Å²) in [6.45, 7) is 4.25. The monoisotopic (exact) mass is 420 g/mol. The number of rotatable bonds is 7. The molecule has 1 fully saturated rings. The maximum atomic E-state index is 13.0. The van der Waals surface area contributed by atoms with Crippen LogP contribution in [0.25, 0.3) is 0 Å². The van der Waals surface area contributed by atoms with Gasteiger partial charge in [-0.05, 0) is 49.2 Å². The van der Waals surface area contributed by atoms with Crippen LogP contribution in [0.4, 0.5) is 5.69 Å². The molecule has 28 heavy (non-hydrogen) atoms. The Morgan fingerprint density at radius 2 is 2.04 bits per heavy atom. The molecule has 1 aliphatic heterocycles. The van der Waals surface area contributed by atoms with E-state index in [1.807, 2.05) is 0 Å². The molecule has 8 heteroatoms. The highest BCUT2D eigenvalue weighted by atomic mass is 35.5. The third-order valence-electron chi connectivity index (χ3n) is 4.40. The lowest BCUT2D eigenvalue weighted by Crippen LogP contribution is -2.43. The molecular weight excluding hydrogens is 400 g/mol. The molecule has 1 aliphatic rings. The average molecular weight is 421 g/mol. The first-order valence-corrected chi connectivity index (χ1v) is 10.7. The van der Waals surface area contributed by atoms with Gasteiger partial charge in [-0.15, -0.1) is 0 Å². The van der Waals surface area contributed by atoms with Crippen LogP contribution in [-0.2, 0) is 14.8 Å². The molecule has 1 N–H and O–H groups in total. The van der Waals surface area contributed by atoms with Crippen LogP contribution in [0.1, 0.15) is 12.8 Å². The molecule has 2 aromatic rings. The summed E-state index contributed by atoms with van der Waals surface area (Å²) in [6, 6.07) is 12.1. The molecule has 6 nitrogen and oxygen atoms in total. The first kappa shape index (κ1) is 20.4. The number of hydrogen-bond acceptors (Lipinski definition) is 4. The minimum absolute atomic E-state index is 0.122. The maximum Gasteiger partial charge on any atom is 0.243 e. The number of ether oxygens (including phenoxy) is 1. The second-order valence-electron chi connectivity index (χ2n) is 6.34. The molecule has 1 amide bonds. The first-order chi connectivity index (χ1) is 13.4. The van der Waals surface area contributed by atoms with Crippen molar-refractivity contribution < 1.29 is 17.9 Å². The Bertz CT molecular complexity index is 960. The molecule has 1 atom stereocenters. The van der Waals surface area contributed by atoms with Crippen LogP contribution in [0, 0.1) is 0 Å². The summed E-state index contributed by atoms with van der Waals surface area (Å²) in [6.07, 6.45) is 2.71. The molecule has 0 bridgehead atoms. The topological polar surface area (TPSA) is 75.7 Å². The number of amides is 1. The quantitative estimate of drug-likeness (QED) is 0.693. The summed E-state index contributed by atoms with van der Waals surface area (Å²) >= 11 is 5.85. The van der Waals surface area contributed by atoms with Gasteiger partial charge in [-0.25, -0.2) is 8.42 Å². The van der Waals surface area contributed by atoms with Gasteiger partial charge in [0.2, 0.25) is 15.9 Å². The standard InChI is InChI=1S/C20H21ClN2O4S/c1-2-13-27-17-6-3-5-16(14-17)22-20(24)19-7-4-12-23(19)28(25,26)18-10-8-15(21)9-11-18/h2-3,5-6,8-11,14,19H,1,4,7,12-13H2,(H,22,24)/t19-/m0/s1. The number of carbonyl (C=O) groups is 1. The van der Waals surface area contributed by atoms with E-state index >= 15 is 0 Å². The van der Waals surface area contributed by atoms with E-state index < -0.39 is 16.1 Å². The van der Waals surface area contributed by atoms with Crippen LogP contribution in [0.3, 0.4) is 0 Å². The summed E-state index contributed by atoms with van der Waals surface area (Å²) in [5.41, 5.74) is 0.544. The molecule has 1 heterocycles. The lowest BCUT2D eigenvalue weighted by atomic mass is 10.2. The average Bonchev–Trinajstić information content (AvgIpc) is 3.18. The van der Waals surface area contributed by atoms with Crippen LogP contribution in [0.15, 0.2) is 66.1 Å². The molecular formula is C20H21ClN2O4S. The number of halogens is 1. The molecule has 3 rings (SSSR count). The number of hydrogen-bond donors (Lipinski definition) is 1. The minimum atomic E-state index is -3.78. The van der Waals surface area contributed by atoms with Crippen molar-refractivity contribution in [1.82, 2.24) is 4.31 Å². The lowest BCUT2D eigenvalue weighted by molar-refractivity contribution is -0.119. The van der Waals surface area contributed by atoms with Crippen LogP contribution < -0.4 is 10.1 Å². The zero-order valence-corrected chi connectivity index (χ0v) is 16.7. The molecule has 1 saturated heterocycles. The van der Waals surface area contributed by atoms with E-state index in [0.717, 1.165) is 0 Å². The summed E-state index contributed by atoms with van der Waals surface area (Å²) in [5.74, 6) is 0.227. The molecule has 0 unspecified atom stereocenters. The normalized spacial score (nSPS) is 17.2. The molecule has 0 spiro atoms. The van der Waals surface area contributed by atoms with Gasteiger partial charge in [-0.3, -0.25) is 4.79 Å². The Kier molecular flexibility index (Phi) is 6.39. The van der Waals surface area contributed by atoms with Gasteiger partial charge in [0.15, 0.2) is 0 Å². The van der Waals surface area contributed by atoms with E-state index in [1.54, 1.807) is 30.3 Å². The van der Waals surface area contributed by atoms with Crippen molar-refractivity contribution in [2.75, 3.05) is 18.5 Å². The number of sulfonamides is 1. The van der Waals surface area contributed by atoms with Gasteiger partial charge in [0.05, 0.1) is 4.90 Å². The maximum absolute atomic E-state index is 13.0. The van der Waals surface area contributed by atoms with Gasteiger partial charge in [0.1, 0.15) is 18.4 Å². The number of carbonyl (C=O) groups excluding carboxylic acids is 1. The fraction of sp³-hybridized carbons (Fsp3) is 0.250. The highest BCUT2D eigenvalue weighted by Gasteiger charge is 2.39. The van der Waals surface area contributed by atoms with Crippen molar-refractivity contribution in [3.05, 3.63) is 66.2 Å². The van der Waals surface area contributed by atoms with Gasteiger partial charge in [0.25, 0.3) is 0 Å². The highest BCUT2D eigenvalue weighted by molar-refractivity contribution is 7.89. The van der Waals surface area contributed by atoms with Crippen molar-refractivity contribution in [3.63, 3.8) is 0 Å². The molecule has 0 saturated carbocycles. The zero-order valence-electron chi connectivity index (χ0n) is 15.2. The Hall–Kier alpha value is -2.35. The predicted octanol–water partition coefficient (Wildman–Crippen LogP) is 3.70. The predicted molar refractivity (Wildman–Crippen MR) is 109 cm³/mol. The van der Waals surface area contributed by atoms with E-state index in [1.165, 1.54) is 28.6 Å². The van der Waals surface area contributed by atoms with E-state index in [-0.39, 0.29) is 10.8 Å². The van der Waals surface area contributed by atoms with E-state index in [0.29, 0.717) is 42.5 Å². The zero-order chi connectivity index (χ0) is 20.1. The Morgan fingerprint density at radius 3 is 2.75 bits per heavy atom. The van der Waals surface area contributed by atoms with Crippen molar-refractivity contribution in [2.24, 2.45) is 0 Å². The second-order valence-corrected chi connectivity index (χ2v) is 8.67. The number of nitrogens with one attached hydrogen (secondary N) is 1. The third-order valence-corrected chi connectivity index (χ3v) is 6.57. The van der Waals surface area contributed by atoms with E-state index in [2.05, 4.69) is 11.9 Å². The Balaban J connectivity index is 1.76. The smallest absolute Gasteiger partial charge is 0.243 e. The van der Waals surface area contributed by atoms with Crippen molar-refractivity contribution in [3.8, 4) is 5.75 Å². The lowest BCUT2D eigenvalue weighted by Gasteiger charge is -2.23. The van der Waals surface area contributed by atoms with Gasteiger partial charge in [-0.2, -0.15) is 4.31 Å². The summed E-state index contributed by atoms with van der Waals surface area (Å²) < 4.78 is 32.6. The van der Waals surface area contributed by atoms with Crippen LogP contribution in [0.2, 0.25) is 5.02 Å². The molecule has 0 radical (unpaired) electrons. The van der Waals surface area contributed by atoms with Crippen molar-refractivity contribution in [1.29, 1.82) is 0 Å². The van der Waals surface area contributed by atoms with Gasteiger partial charge in [-0.1, -0.05) is 30.3 Å².